The van der Waals surface area contributed by atoms with Crippen LogP contribution in [0, 0.1) is 0 Å². The molecule has 64 valence electrons. The van der Waals surface area contributed by atoms with Crippen LogP contribution < -0.4 is 5.32 Å². The molecular formula is C7H13NO3. The summed E-state index contributed by atoms with van der Waals surface area (Å²) in [5, 5.41) is 2.98. The zero-order valence-corrected chi connectivity index (χ0v) is 6.85. The van der Waals surface area contributed by atoms with Crippen molar-refractivity contribution in [1.29, 1.82) is 0 Å². The van der Waals surface area contributed by atoms with Crippen molar-refractivity contribution >= 4 is 5.97 Å². The Morgan fingerprint density at radius 3 is 2.55 bits per heavy atom. The van der Waals surface area contributed by atoms with Crippen molar-refractivity contribution in [3.63, 3.8) is 0 Å². The molecule has 1 saturated heterocycles. The smallest absolute Gasteiger partial charge is 0.340 e. The molecule has 1 N–H and O–H groups in total. The third-order valence-corrected chi connectivity index (χ3v) is 1.80. The number of carbonyl (C=O) groups is 1. The second-order valence-electron chi connectivity index (χ2n) is 2.52. The van der Waals surface area contributed by atoms with Crippen LogP contribution in [0.3, 0.4) is 0 Å². The minimum atomic E-state index is -0.691. The van der Waals surface area contributed by atoms with Crippen LogP contribution in [-0.4, -0.2) is 38.4 Å². The molecule has 0 aromatic rings. The van der Waals surface area contributed by atoms with Crippen molar-refractivity contribution < 1.29 is 14.3 Å². The Labute approximate surface area is 65.9 Å². The Morgan fingerprint density at radius 1 is 1.64 bits per heavy atom. The van der Waals surface area contributed by atoms with Gasteiger partial charge in [0.2, 0.25) is 0 Å². The van der Waals surface area contributed by atoms with Crippen LogP contribution in [0.1, 0.15) is 6.92 Å². The molecule has 4 nitrogen and oxygen atoms in total. The highest BCUT2D eigenvalue weighted by molar-refractivity contribution is 5.81. The number of nitrogens with one attached hydrogen (secondary N) is 1. The van der Waals surface area contributed by atoms with Crippen LogP contribution in [0.15, 0.2) is 0 Å². The fourth-order valence-electron chi connectivity index (χ4n) is 1.12. The standard InChI is InChI=1S/C7H13NO3/c1-3-11-7(4-8-5-7)6(9)10-2/h8H,3-5H2,1-2H3. The van der Waals surface area contributed by atoms with Gasteiger partial charge in [0, 0.05) is 19.7 Å². The molecular weight excluding hydrogens is 146 g/mol. The summed E-state index contributed by atoms with van der Waals surface area (Å²) in [6, 6.07) is 0. The number of carbonyl (C=O) groups excluding carboxylic acids is 1. The van der Waals surface area contributed by atoms with Crippen LogP contribution in [-0.2, 0) is 14.3 Å². The lowest BCUT2D eigenvalue weighted by molar-refractivity contribution is -0.176. The maximum Gasteiger partial charge on any atom is 0.340 e. The Hall–Kier alpha value is -0.610. The van der Waals surface area contributed by atoms with Crippen molar-refractivity contribution in [1.82, 2.24) is 5.32 Å². The van der Waals surface area contributed by atoms with E-state index in [1.807, 2.05) is 6.92 Å². The number of ether oxygens (including phenoxy) is 2. The first kappa shape index (κ1) is 8.49. The number of methoxy groups -OCH3 is 1. The van der Waals surface area contributed by atoms with Crippen molar-refractivity contribution in [3.05, 3.63) is 0 Å². The second-order valence-corrected chi connectivity index (χ2v) is 2.52. The van der Waals surface area contributed by atoms with Gasteiger partial charge in [-0.1, -0.05) is 0 Å². The Kier molecular flexibility index (Phi) is 2.46. The summed E-state index contributed by atoms with van der Waals surface area (Å²) in [6.07, 6.45) is 0. The molecule has 0 aromatic heterocycles. The van der Waals surface area contributed by atoms with Gasteiger partial charge in [-0.3, -0.25) is 0 Å². The number of hydrogen-bond acceptors (Lipinski definition) is 4. The van der Waals surface area contributed by atoms with Gasteiger partial charge in [-0.15, -0.1) is 0 Å². The Balaban J connectivity index is 2.52. The fraction of sp³-hybridized carbons (Fsp3) is 0.857. The quantitative estimate of drug-likeness (QED) is 0.566. The van der Waals surface area contributed by atoms with Gasteiger partial charge in [0.1, 0.15) is 0 Å². The second kappa shape index (κ2) is 3.19. The first-order valence-corrected chi connectivity index (χ1v) is 3.68. The molecule has 1 aliphatic heterocycles. The third kappa shape index (κ3) is 1.36. The monoisotopic (exact) mass is 159 g/mol. The highest BCUT2D eigenvalue weighted by atomic mass is 16.6. The Morgan fingerprint density at radius 2 is 2.27 bits per heavy atom. The van der Waals surface area contributed by atoms with Crippen LogP contribution >= 0.6 is 0 Å². The zero-order chi connectivity index (χ0) is 8.32. The molecule has 1 heterocycles. The topological polar surface area (TPSA) is 47.6 Å². The summed E-state index contributed by atoms with van der Waals surface area (Å²) in [7, 11) is 1.38. The normalized spacial score (nSPS) is 20.5. The molecule has 0 bridgehead atoms. The maximum atomic E-state index is 11.1. The average molecular weight is 159 g/mol. The van der Waals surface area contributed by atoms with E-state index in [9.17, 15) is 4.79 Å². The summed E-state index contributed by atoms with van der Waals surface area (Å²) in [4.78, 5) is 11.1. The van der Waals surface area contributed by atoms with Crippen molar-refractivity contribution in [2.24, 2.45) is 0 Å². The molecule has 0 unspecified atom stereocenters. The van der Waals surface area contributed by atoms with E-state index >= 15 is 0 Å². The molecule has 0 atom stereocenters. The van der Waals surface area contributed by atoms with Gasteiger partial charge in [0.05, 0.1) is 7.11 Å². The molecule has 0 aromatic carbocycles. The minimum Gasteiger partial charge on any atom is -0.467 e. The predicted molar refractivity (Wildman–Crippen MR) is 39.2 cm³/mol. The summed E-state index contributed by atoms with van der Waals surface area (Å²) < 4.78 is 9.89. The van der Waals surface area contributed by atoms with Crippen LogP contribution in [0.4, 0.5) is 0 Å². The highest BCUT2D eigenvalue weighted by Gasteiger charge is 2.46. The lowest BCUT2D eigenvalue weighted by atomic mass is 9.97. The molecule has 0 aliphatic carbocycles. The molecule has 0 amide bonds. The van der Waals surface area contributed by atoms with Crippen molar-refractivity contribution in [2.45, 2.75) is 12.5 Å². The largest absolute Gasteiger partial charge is 0.467 e. The van der Waals surface area contributed by atoms with E-state index in [0.29, 0.717) is 19.7 Å². The van der Waals surface area contributed by atoms with E-state index in [1.54, 1.807) is 0 Å². The predicted octanol–water partition coefficient (Wildman–Crippen LogP) is -0.462. The van der Waals surface area contributed by atoms with Crippen molar-refractivity contribution in [2.75, 3.05) is 26.8 Å². The van der Waals surface area contributed by atoms with Crippen LogP contribution in [0.2, 0.25) is 0 Å². The molecule has 1 rings (SSSR count). The van der Waals surface area contributed by atoms with E-state index in [4.69, 9.17) is 4.74 Å². The van der Waals surface area contributed by atoms with Crippen LogP contribution in [0.25, 0.3) is 0 Å². The average Bonchev–Trinajstić information content (AvgIpc) is 1.95. The maximum absolute atomic E-state index is 11.1. The Bertz CT molecular complexity index is 154. The van der Waals surface area contributed by atoms with Gasteiger partial charge < -0.3 is 14.8 Å². The molecule has 4 heteroatoms. The highest BCUT2D eigenvalue weighted by Crippen LogP contribution is 2.17. The summed E-state index contributed by atoms with van der Waals surface area (Å²) in [5.41, 5.74) is -0.691. The van der Waals surface area contributed by atoms with Crippen LogP contribution in [0.5, 0.6) is 0 Å². The van der Waals surface area contributed by atoms with Gasteiger partial charge >= 0.3 is 5.97 Å². The number of rotatable bonds is 3. The number of esters is 1. The lowest BCUT2D eigenvalue weighted by Crippen LogP contribution is -2.66. The lowest BCUT2D eigenvalue weighted by Gasteiger charge is -2.38. The minimum absolute atomic E-state index is 0.280. The first-order valence-electron chi connectivity index (χ1n) is 3.68. The van der Waals surface area contributed by atoms with Gasteiger partial charge in [0.25, 0.3) is 0 Å². The van der Waals surface area contributed by atoms with Gasteiger partial charge in [-0.05, 0) is 6.92 Å². The van der Waals surface area contributed by atoms with E-state index in [1.165, 1.54) is 7.11 Å². The van der Waals surface area contributed by atoms with E-state index in [2.05, 4.69) is 10.1 Å². The first-order chi connectivity index (χ1) is 5.25. The summed E-state index contributed by atoms with van der Waals surface area (Å²) in [6.45, 7) is 3.53. The molecule has 0 spiro atoms. The zero-order valence-electron chi connectivity index (χ0n) is 6.85. The SMILES string of the molecule is CCOC1(C(=O)OC)CNC1. The van der Waals surface area contributed by atoms with E-state index in [0.717, 1.165) is 0 Å². The molecule has 0 saturated carbocycles. The fourth-order valence-corrected chi connectivity index (χ4v) is 1.12. The van der Waals surface area contributed by atoms with Gasteiger partial charge in [0.15, 0.2) is 5.60 Å². The molecule has 1 aliphatic rings. The van der Waals surface area contributed by atoms with E-state index in [-0.39, 0.29) is 5.97 Å². The third-order valence-electron chi connectivity index (χ3n) is 1.80. The number of hydrogen-bond donors (Lipinski definition) is 1. The summed E-state index contributed by atoms with van der Waals surface area (Å²) in [5.74, 6) is -0.280. The molecule has 11 heavy (non-hydrogen) atoms. The van der Waals surface area contributed by atoms with Crippen molar-refractivity contribution in [3.8, 4) is 0 Å². The molecule has 1 fully saturated rings. The molecule has 0 radical (unpaired) electrons. The van der Waals surface area contributed by atoms with E-state index < -0.39 is 5.60 Å². The summed E-state index contributed by atoms with van der Waals surface area (Å²) >= 11 is 0. The van der Waals surface area contributed by atoms with Gasteiger partial charge in [-0.2, -0.15) is 0 Å². The van der Waals surface area contributed by atoms with Gasteiger partial charge in [-0.25, -0.2) is 4.79 Å².